The molecule has 0 aliphatic heterocycles. The number of aromatic nitrogens is 4. The molecule has 3 rings (SSSR count). The lowest BCUT2D eigenvalue weighted by Gasteiger charge is -2.14. The minimum absolute atomic E-state index is 0.0618. The number of amides is 1. The molecular weight excluding hydrogens is 342 g/mol. The maximum atomic E-state index is 12.8. The van der Waals surface area contributed by atoms with Crippen molar-refractivity contribution in [1.29, 1.82) is 0 Å². The Bertz CT molecular complexity index is 802. The predicted octanol–water partition coefficient (Wildman–Crippen LogP) is 2.77. The van der Waals surface area contributed by atoms with Gasteiger partial charge in [-0.3, -0.25) is 14.3 Å². The number of hydrogen-bond donors (Lipinski definition) is 1. The third-order valence-corrected chi connectivity index (χ3v) is 4.97. The van der Waals surface area contributed by atoms with E-state index in [0.29, 0.717) is 18.9 Å². The Balaban J connectivity index is 1.69. The van der Waals surface area contributed by atoms with Crippen LogP contribution in [0.1, 0.15) is 58.4 Å². The molecule has 146 valence electrons. The monoisotopic (exact) mass is 371 g/mol. The van der Waals surface area contributed by atoms with Crippen LogP contribution in [0.3, 0.4) is 0 Å². The van der Waals surface area contributed by atoms with Crippen LogP contribution in [0.2, 0.25) is 0 Å². The molecule has 0 atom stereocenters. The molecule has 7 heteroatoms. The lowest BCUT2D eigenvalue weighted by Crippen LogP contribution is -2.35. The summed E-state index contributed by atoms with van der Waals surface area (Å²) in [6.45, 7) is 4.99. The fourth-order valence-corrected chi connectivity index (χ4v) is 3.45. The van der Waals surface area contributed by atoms with E-state index < -0.39 is 0 Å². The van der Waals surface area contributed by atoms with E-state index in [1.807, 2.05) is 12.1 Å². The summed E-state index contributed by atoms with van der Waals surface area (Å²) in [6.07, 6.45) is 9.25. The number of hydrogen-bond acceptors (Lipinski definition) is 4. The Hall–Kier alpha value is -2.44. The van der Waals surface area contributed by atoms with Crippen LogP contribution >= 0.6 is 0 Å². The van der Waals surface area contributed by atoms with Gasteiger partial charge in [-0.15, -0.1) is 5.10 Å². The number of nitrogens with one attached hydrogen (secondary N) is 1. The van der Waals surface area contributed by atoms with Crippen molar-refractivity contribution in [3.63, 3.8) is 0 Å². The van der Waals surface area contributed by atoms with Gasteiger partial charge >= 0.3 is 5.69 Å². The van der Waals surface area contributed by atoms with Gasteiger partial charge in [-0.2, -0.15) is 0 Å². The van der Waals surface area contributed by atoms with Crippen LogP contribution < -0.4 is 11.0 Å². The molecule has 1 aliphatic carbocycles. The lowest BCUT2D eigenvalue weighted by molar-refractivity contribution is -0.125. The number of carbonyl (C=O) groups excluding carboxylic acids is 1. The van der Waals surface area contributed by atoms with E-state index >= 15 is 0 Å². The van der Waals surface area contributed by atoms with Crippen molar-refractivity contribution in [3.05, 3.63) is 35.0 Å². The summed E-state index contributed by atoms with van der Waals surface area (Å²) >= 11 is 0. The Morgan fingerprint density at radius 2 is 2.04 bits per heavy atom. The van der Waals surface area contributed by atoms with Crippen molar-refractivity contribution in [1.82, 2.24) is 24.6 Å². The molecule has 2 heterocycles. The summed E-state index contributed by atoms with van der Waals surface area (Å²) in [5.74, 6) is 0.810. The highest BCUT2D eigenvalue weighted by Gasteiger charge is 2.30. The van der Waals surface area contributed by atoms with Crippen LogP contribution in [-0.2, 0) is 11.3 Å². The van der Waals surface area contributed by atoms with E-state index in [2.05, 4.69) is 29.2 Å². The molecule has 1 N–H and O–H groups in total. The Morgan fingerprint density at radius 3 is 2.63 bits per heavy atom. The number of carbonyl (C=O) groups is 1. The summed E-state index contributed by atoms with van der Waals surface area (Å²) in [5, 5.41) is 7.51. The van der Waals surface area contributed by atoms with Gasteiger partial charge in [0.15, 0.2) is 5.82 Å². The first kappa shape index (κ1) is 19.3. The summed E-state index contributed by atoms with van der Waals surface area (Å²) in [7, 11) is 0. The standard InChI is InChI=1S/C20H29N5O2/c1-3-6-15(7-4-2)19(26)22-12-13-24-20(27)25(17-9-10-17)18(23-24)16-8-5-11-21-14-16/h5,8,11,14-15,17H,3-4,6-7,9-10,12-13H2,1-2H3,(H,22,26). The highest BCUT2D eigenvalue weighted by atomic mass is 16.2. The van der Waals surface area contributed by atoms with E-state index in [4.69, 9.17) is 0 Å². The maximum Gasteiger partial charge on any atom is 0.346 e. The molecule has 0 aromatic carbocycles. The predicted molar refractivity (Wildman–Crippen MR) is 104 cm³/mol. The van der Waals surface area contributed by atoms with Crippen LogP contribution in [0.25, 0.3) is 11.4 Å². The van der Waals surface area contributed by atoms with Crippen molar-refractivity contribution in [2.24, 2.45) is 5.92 Å². The summed E-state index contributed by atoms with van der Waals surface area (Å²) < 4.78 is 3.24. The van der Waals surface area contributed by atoms with Crippen molar-refractivity contribution >= 4 is 5.91 Å². The average molecular weight is 371 g/mol. The van der Waals surface area contributed by atoms with Crippen molar-refractivity contribution in [2.75, 3.05) is 6.54 Å². The van der Waals surface area contributed by atoms with Gasteiger partial charge in [-0.25, -0.2) is 9.48 Å². The number of nitrogens with zero attached hydrogens (tertiary/aromatic N) is 4. The normalized spacial score (nSPS) is 13.9. The molecule has 2 aromatic heterocycles. The molecule has 1 saturated carbocycles. The fourth-order valence-electron chi connectivity index (χ4n) is 3.45. The molecule has 1 amide bonds. The van der Waals surface area contributed by atoms with Crippen LogP contribution in [-0.4, -0.2) is 31.8 Å². The second-order valence-electron chi connectivity index (χ2n) is 7.24. The van der Waals surface area contributed by atoms with Gasteiger partial charge < -0.3 is 5.32 Å². The third kappa shape index (κ3) is 4.64. The minimum Gasteiger partial charge on any atom is -0.354 e. The van der Waals surface area contributed by atoms with E-state index in [-0.39, 0.29) is 23.6 Å². The topological polar surface area (TPSA) is 81.8 Å². The highest BCUT2D eigenvalue weighted by Crippen LogP contribution is 2.36. The van der Waals surface area contributed by atoms with E-state index in [9.17, 15) is 9.59 Å². The van der Waals surface area contributed by atoms with Gasteiger partial charge in [0.1, 0.15) is 0 Å². The highest BCUT2D eigenvalue weighted by molar-refractivity contribution is 5.78. The second-order valence-corrected chi connectivity index (χ2v) is 7.24. The lowest BCUT2D eigenvalue weighted by atomic mass is 9.97. The van der Waals surface area contributed by atoms with Crippen LogP contribution in [0, 0.1) is 5.92 Å². The zero-order valence-electron chi connectivity index (χ0n) is 16.2. The Labute approximate surface area is 159 Å². The van der Waals surface area contributed by atoms with Crippen LogP contribution in [0.15, 0.2) is 29.3 Å². The summed E-state index contributed by atoms with van der Waals surface area (Å²) in [4.78, 5) is 29.3. The SMILES string of the molecule is CCCC(CCC)C(=O)NCCn1nc(-c2cccnc2)n(C2CC2)c1=O. The first-order valence-electron chi connectivity index (χ1n) is 10.0. The van der Waals surface area contributed by atoms with Crippen molar-refractivity contribution in [2.45, 2.75) is 65.0 Å². The molecular formula is C20H29N5O2. The van der Waals surface area contributed by atoms with Crippen molar-refractivity contribution < 1.29 is 4.79 Å². The van der Waals surface area contributed by atoms with Crippen LogP contribution in [0.5, 0.6) is 0 Å². The minimum atomic E-state index is -0.107. The van der Waals surface area contributed by atoms with Gasteiger partial charge in [-0.05, 0) is 37.8 Å². The van der Waals surface area contributed by atoms with Gasteiger partial charge in [0.05, 0.1) is 6.54 Å². The van der Waals surface area contributed by atoms with E-state index in [1.54, 1.807) is 17.0 Å². The first-order chi connectivity index (χ1) is 13.2. The number of pyridine rings is 1. The van der Waals surface area contributed by atoms with Crippen molar-refractivity contribution in [3.8, 4) is 11.4 Å². The van der Waals surface area contributed by atoms with Crippen LogP contribution in [0.4, 0.5) is 0 Å². The fraction of sp³-hybridized carbons (Fsp3) is 0.600. The van der Waals surface area contributed by atoms with Gasteiger partial charge in [-0.1, -0.05) is 26.7 Å². The Morgan fingerprint density at radius 1 is 1.30 bits per heavy atom. The summed E-state index contributed by atoms with van der Waals surface area (Å²) in [5.41, 5.74) is 0.736. The molecule has 0 bridgehead atoms. The quantitative estimate of drug-likeness (QED) is 0.696. The van der Waals surface area contributed by atoms with E-state index in [0.717, 1.165) is 44.1 Å². The third-order valence-electron chi connectivity index (χ3n) is 4.97. The van der Waals surface area contributed by atoms with Gasteiger partial charge in [0, 0.05) is 36.5 Å². The zero-order valence-corrected chi connectivity index (χ0v) is 16.2. The molecule has 0 radical (unpaired) electrons. The molecule has 1 aliphatic rings. The molecule has 1 fully saturated rings. The van der Waals surface area contributed by atoms with Gasteiger partial charge in [0.25, 0.3) is 0 Å². The molecule has 2 aromatic rings. The maximum absolute atomic E-state index is 12.8. The zero-order chi connectivity index (χ0) is 19.2. The smallest absolute Gasteiger partial charge is 0.346 e. The molecule has 27 heavy (non-hydrogen) atoms. The molecule has 7 nitrogen and oxygen atoms in total. The molecule has 0 saturated heterocycles. The second kappa shape index (κ2) is 8.97. The summed E-state index contributed by atoms with van der Waals surface area (Å²) in [6, 6.07) is 3.99. The number of rotatable bonds is 10. The molecule has 0 spiro atoms. The first-order valence-corrected chi connectivity index (χ1v) is 10.0. The largest absolute Gasteiger partial charge is 0.354 e. The van der Waals surface area contributed by atoms with Gasteiger partial charge in [0.2, 0.25) is 5.91 Å². The Kier molecular flexibility index (Phi) is 6.42. The average Bonchev–Trinajstić information content (AvgIpc) is 3.46. The molecule has 0 unspecified atom stereocenters. The van der Waals surface area contributed by atoms with E-state index in [1.165, 1.54) is 4.68 Å².